The second kappa shape index (κ2) is 1.65. The van der Waals surface area contributed by atoms with Gasteiger partial charge in [-0.1, -0.05) is 0 Å². The van der Waals surface area contributed by atoms with Crippen molar-refractivity contribution >= 4 is 19.4 Å². The fourth-order valence-corrected chi connectivity index (χ4v) is 1.82. The maximum atomic E-state index is 9.02. The maximum absolute atomic E-state index is 9.02. The van der Waals surface area contributed by atoms with Crippen LogP contribution in [0.15, 0.2) is 0 Å². The molecule has 1 saturated heterocycles. The highest BCUT2D eigenvalue weighted by Gasteiger charge is 2.61. The first-order valence-corrected chi connectivity index (χ1v) is 3.63. The standard InChI is InChI=1S/C5H8BClO2/c6-5-2(7)1-3(8)4(1)9-5/h1-5,8H,6H2/t1?,2-,3?,4-,5+/m0/s1. The van der Waals surface area contributed by atoms with E-state index in [2.05, 4.69) is 0 Å². The van der Waals surface area contributed by atoms with E-state index in [1.54, 1.807) is 0 Å². The molecule has 0 aromatic heterocycles. The van der Waals surface area contributed by atoms with E-state index in [4.69, 9.17) is 21.4 Å². The van der Waals surface area contributed by atoms with Gasteiger partial charge in [-0.05, 0) is 0 Å². The van der Waals surface area contributed by atoms with Crippen LogP contribution in [0.4, 0.5) is 0 Å². The number of fused-ring (bicyclic) bond motifs is 1. The Morgan fingerprint density at radius 1 is 1.56 bits per heavy atom. The van der Waals surface area contributed by atoms with E-state index in [-0.39, 0.29) is 29.5 Å². The molecule has 0 aromatic carbocycles. The average molecular weight is 146 g/mol. The van der Waals surface area contributed by atoms with Crippen molar-refractivity contribution in [3.05, 3.63) is 0 Å². The van der Waals surface area contributed by atoms with Crippen molar-refractivity contribution < 1.29 is 9.84 Å². The van der Waals surface area contributed by atoms with Gasteiger partial charge in [0, 0.05) is 11.9 Å². The molecule has 2 unspecified atom stereocenters. The first-order valence-electron chi connectivity index (χ1n) is 3.19. The number of rotatable bonds is 0. The average Bonchev–Trinajstić information content (AvgIpc) is 2.29. The van der Waals surface area contributed by atoms with E-state index in [1.165, 1.54) is 0 Å². The lowest BCUT2D eigenvalue weighted by molar-refractivity contribution is 0.0746. The molecule has 0 radical (unpaired) electrons. The Balaban J connectivity index is 2.07. The fourth-order valence-electron chi connectivity index (χ4n) is 1.47. The Hall–Kier alpha value is 0.275. The molecule has 5 atom stereocenters. The van der Waals surface area contributed by atoms with Crippen molar-refractivity contribution in [1.82, 2.24) is 0 Å². The molecule has 2 aliphatic rings. The molecule has 1 heterocycles. The Kier molecular flexibility index (Phi) is 1.11. The Bertz CT molecular complexity index is 143. The molecule has 2 fully saturated rings. The van der Waals surface area contributed by atoms with Gasteiger partial charge in [0.05, 0.1) is 17.6 Å². The molecule has 1 saturated carbocycles. The second-order valence-corrected chi connectivity index (χ2v) is 3.32. The number of aliphatic hydroxyl groups is 1. The molecule has 0 amide bonds. The van der Waals surface area contributed by atoms with E-state index >= 15 is 0 Å². The van der Waals surface area contributed by atoms with Gasteiger partial charge in [0.1, 0.15) is 7.85 Å². The number of ether oxygens (including phenoxy) is 1. The third-order valence-corrected chi connectivity index (χ3v) is 2.80. The number of alkyl halides is 1. The lowest BCUT2D eigenvalue weighted by atomic mass is 9.95. The minimum absolute atomic E-state index is 0.0324. The predicted octanol–water partition coefficient (Wildman–Crippen LogP) is -1.06. The van der Waals surface area contributed by atoms with Gasteiger partial charge in [0.15, 0.2) is 0 Å². The van der Waals surface area contributed by atoms with E-state index in [1.807, 2.05) is 7.85 Å². The lowest BCUT2D eigenvalue weighted by Gasteiger charge is -2.11. The normalized spacial score (nSPS) is 63.6. The summed E-state index contributed by atoms with van der Waals surface area (Å²) in [6.45, 7) is 0. The van der Waals surface area contributed by atoms with Crippen molar-refractivity contribution in [1.29, 1.82) is 0 Å². The van der Waals surface area contributed by atoms with Crippen LogP contribution in [0.1, 0.15) is 0 Å². The molecule has 1 aliphatic carbocycles. The highest BCUT2D eigenvalue weighted by Crippen LogP contribution is 2.47. The van der Waals surface area contributed by atoms with Gasteiger partial charge < -0.3 is 9.84 Å². The van der Waals surface area contributed by atoms with Gasteiger partial charge in [0.2, 0.25) is 0 Å². The SMILES string of the molecule is B[C@@H]1O[C@@H]2C(O)C2[C@@H]1Cl. The van der Waals surface area contributed by atoms with E-state index in [0.29, 0.717) is 0 Å². The predicted molar refractivity (Wildman–Crippen MR) is 36.3 cm³/mol. The number of hydrogen-bond acceptors (Lipinski definition) is 2. The van der Waals surface area contributed by atoms with Gasteiger partial charge in [-0.2, -0.15) is 0 Å². The first-order chi connectivity index (χ1) is 4.22. The highest BCUT2D eigenvalue weighted by molar-refractivity contribution is 6.27. The van der Waals surface area contributed by atoms with E-state index < -0.39 is 0 Å². The van der Waals surface area contributed by atoms with E-state index in [0.717, 1.165) is 0 Å². The second-order valence-electron chi connectivity index (χ2n) is 2.82. The maximum Gasteiger partial charge on any atom is 0.141 e. The van der Waals surface area contributed by atoms with Gasteiger partial charge >= 0.3 is 0 Å². The van der Waals surface area contributed by atoms with Crippen LogP contribution >= 0.6 is 11.6 Å². The van der Waals surface area contributed by atoms with Crippen LogP contribution in [0, 0.1) is 5.92 Å². The molecular weight excluding hydrogens is 138 g/mol. The summed E-state index contributed by atoms with van der Waals surface area (Å²) in [5.41, 5.74) is 0. The van der Waals surface area contributed by atoms with Gasteiger partial charge in [0.25, 0.3) is 0 Å². The molecule has 2 rings (SSSR count). The third kappa shape index (κ3) is 0.657. The molecule has 9 heavy (non-hydrogen) atoms. The Labute approximate surface area is 59.6 Å². The smallest absolute Gasteiger partial charge is 0.141 e. The van der Waals surface area contributed by atoms with Crippen molar-refractivity contribution in [2.75, 3.05) is 0 Å². The van der Waals surface area contributed by atoms with Crippen molar-refractivity contribution in [2.24, 2.45) is 5.92 Å². The number of hydrogen-bond donors (Lipinski definition) is 1. The molecule has 50 valence electrons. The van der Waals surface area contributed by atoms with Gasteiger partial charge in [-0.25, -0.2) is 0 Å². The van der Waals surface area contributed by atoms with Crippen LogP contribution < -0.4 is 0 Å². The lowest BCUT2D eigenvalue weighted by Crippen LogP contribution is -2.24. The zero-order valence-electron chi connectivity index (χ0n) is 5.12. The quantitative estimate of drug-likeness (QED) is 0.349. The molecule has 1 N–H and O–H groups in total. The molecule has 4 heteroatoms. The first kappa shape index (κ1) is 6.02. The summed E-state index contributed by atoms with van der Waals surface area (Å²) in [7, 11) is 1.94. The summed E-state index contributed by atoms with van der Waals surface area (Å²) in [5.74, 6) is 0.224. The third-order valence-electron chi connectivity index (χ3n) is 2.16. The topological polar surface area (TPSA) is 29.5 Å². The van der Waals surface area contributed by atoms with E-state index in [9.17, 15) is 0 Å². The summed E-state index contributed by atoms with van der Waals surface area (Å²) in [6, 6.07) is 0.130. The molecule has 0 aromatic rings. The van der Waals surface area contributed by atoms with Crippen LogP contribution in [0.5, 0.6) is 0 Å². The molecule has 1 aliphatic heterocycles. The summed E-state index contributed by atoms with van der Waals surface area (Å²) in [5, 5.41) is 9.06. The van der Waals surface area contributed by atoms with Crippen LogP contribution in [0.2, 0.25) is 0 Å². The summed E-state index contributed by atoms with van der Waals surface area (Å²) in [6.07, 6.45) is -0.216. The van der Waals surface area contributed by atoms with Gasteiger partial charge in [-0.3, -0.25) is 0 Å². The zero-order chi connectivity index (χ0) is 6.59. The van der Waals surface area contributed by atoms with Crippen molar-refractivity contribution in [3.8, 4) is 0 Å². The number of halogens is 1. The molecule has 0 spiro atoms. The van der Waals surface area contributed by atoms with Crippen LogP contribution in [0.3, 0.4) is 0 Å². The van der Waals surface area contributed by atoms with Gasteiger partial charge in [-0.15, -0.1) is 11.6 Å². The number of aliphatic hydroxyl groups excluding tert-OH is 1. The van der Waals surface area contributed by atoms with Crippen molar-refractivity contribution in [2.45, 2.75) is 23.6 Å². The Morgan fingerprint density at radius 3 is 2.56 bits per heavy atom. The molecule has 2 nitrogen and oxygen atoms in total. The van der Waals surface area contributed by atoms with Crippen LogP contribution in [-0.4, -0.2) is 36.5 Å². The van der Waals surface area contributed by atoms with Crippen LogP contribution in [-0.2, 0) is 4.74 Å². The Morgan fingerprint density at radius 2 is 2.22 bits per heavy atom. The molecular formula is C5H8BClO2. The monoisotopic (exact) mass is 146 g/mol. The largest absolute Gasteiger partial charge is 0.390 e. The van der Waals surface area contributed by atoms with Crippen molar-refractivity contribution in [3.63, 3.8) is 0 Å². The summed E-state index contributed by atoms with van der Waals surface area (Å²) in [4.78, 5) is 0. The minimum Gasteiger partial charge on any atom is -0.390 e. The fraction of sp³-hybridized carbons (Fsp3) is 1.00. The minimum atomic E-state index is -0.274. The summed E-state index contributed by atoms with van der Waals surface area (Å²) < 4.78 is 5.28. The summed E-state index contributed by atoms with van der Waals surface area (Å²) >= 11 is 5.86. The molecule has 0 bridgehead atoms. The highest BCUT2D eigenvalue weighted by atomic mass is 35.5. The van der Waals surface area contributed by atoms with Crippen LogP contribution in [0.25, 0.3) is 0 Å². The zero-order valence-corrected chi connectivity index (χ0v) is 5.88.